The number of Topliss-reactive ketones (excluding diaryl/α,β-unsaturated/α-hetero) is 1. The number of hydrogen-bond acceptors (Lipinski definition) is 7. The third-order valence-corrected chi connectivity index (χ3v) is 5.50. The molecule has 2 heterocycles. The molecular weight excluding hydrogens is 358 g/mol. The van der Waals surface area contributed by atoms with Crippen LogP contribution in [0.15, 0.2) is 35.5 Å². The molecule has 4 N–H and O–H groups in total. The van der Waals surface area contributed by atoms with Crippen molar-refractivity contribution in [2.75, 3.05) is 11.1 Å². The minimum Gasteiger partial charge on any atom is -0.478 e. The Hall–Kier alpha value is -3.20. The quantitative estimate of drug-likeness (QED) is 0.425. The van der Waals surface area contributed by atoms with Crippen LogP contribution in [0.3, 0.4) is 0 Å². The minimum atomic E-state index is -1.21. The van der Waals surface area contributed by atoms with E-state index in [0.717, 1.165) is 11.3 Å². The number of nitro groups is 1. The maximum atomic E-state index is 11.9. The molecule has 0 unspecified atom stereocenters. The standard InChI is InChI=1S/C17H15N3O5S/c1-7-11(17(22)23)12(9-5-3-4-6-10(9)20(24)25)13-14(18)15(8(2)21)26-16(13)19-7/h3-6,12,19H,18H2,1-2H3,(H,22,23)/t12-/m1/s1. The predicted molar refractivity (Wildman–Crippen MR) is 97.6 cm³/mol. The number of hydrogen-bond donors (Lipinski definition) is 3. The fourth-order valence-corrected chi connectivity index (χ4v) is 4.30. The van der Waals surface area contributed by atoms with Crippen LogP contribution in [-0.2, 0) is 4.79 Å². The number of ketones is 1. The molecule has 0 amide bonds. The molecule has 0 fully saturated rings. The van der Waals surface area contributed by atoms with Crippen molar-refractivity contribution in [3.63, 3.8) is 0 Å². The zero-order chi connectivity index (χ0) is 19.2. The monoisotopic (exact) mass is 373 g/mol. The second kappa shape index (κ2) is 6.26. The van der Waals surface area contributed by atoms with E-state index in [4.69, 9.17) is 5.73 Å². The van der Waals surface area contributed by atoms with Crippen molar-refractivity contribution in [2.24, 2.45) is 0 Å². The Morgan fingerprint density at radius 2 is 2.00 bits per heavy atom. The molecule has 0 saturated carbocycles. The Balaban J connectivity index is 2.37. The van der Waals surface area contributed by atoms with Gasteiger partial charge in [0.15, 0.2) is 5.78 Å². The lowest BCUT2D eigenvalue weighted by atomic mass is 9.81. The molecule has 1 aliphatic heterocycles. The van der Waals surface area contributed by atoms with Crippen LogP contribution in [0.2, 0.25) is 0 Å². The smallest absolute Gasteiger partial charge is 0.334 e. The number of carboxylic acids is 1. The van der Waals surface area contributed by atoms with Crippen molar-refractivity contribution >= 4 is 39.5 Å². The van der Waals surface area contributed by atoms with Crippen molar-refractivity contribution in [1.82, 2.24) is 0 Å². The van der Waals surface area contributed by atoms with E-state index < -0.39 is 16.8 Å². The molecule has 9 heteroatoms. The van der Waals surface area contributed by atoms with Gasteiger partial charge in [-0.05, 0) is 6.92 Å². The molecule has 2 aromatic rings. The first kappa shape index (κ1) is 17.6. The van der Waals surface area contributed by atoms with E-state index in [1.54, 1.807) is 13.0 Å². The van der Waals surface area contributed by atoms with Crippen molar-refractivity contribution in [3.8, 4) is 0 Å². The lowest BCUT2D eigenvalue weighted by Gasteiger charge is -2.27. The van der Waals surface area contributed by atoms with Crippen molar-refractivity contribution in [3.05, 3.63) is 61.7 Å². The van der Waals surface area contributed by atoms with Crippen LogP contribution >= 0.6 is 11.3 Å². The van der Waals surface area contributed by atoms with Crippen LogP contribution in [0.4, 0.5) is 16.4 Å². The van der Waals surface area contributed by atoms with Gasteiger partial charge in [-0.2, -0.15) is 0 Å². The number of carbonyl (C=O) groups excluding carboxylic acids is 1. The summed E-state index contributed by atoms with van der Waals surface area (Å²) in [6, 6.07) is 5.95. The molecule has 0 bridgehead atoms. The van der Waals surface area contributed by atoms with Crippen molar-refractivity contribution in [2.45, 2.75) is 19.8 Å². The van der Waals surface area contributed by atoms with Crippen LogP contribution in [0, 0.1) is 10.1 Å². The highest BCUT2D eigenvalue weighted by Crippen LogP contribution is 2.51. The molecule has 134 valence electrons. The Morgan fingerprint density at radius 3 is 2.58 bits per heavy atom. The second-order valence-corrected chi connectivity index (χ2v) is 6.88. The average molecular weight is 373 g/mol. The zero-order valence-electron chi connectivity index (χ0n) is 13.9. The molecule has 3 rings (SSSR count). The predicted octanol–water partition coefficient (Wildman–Crippen LogP) is 3.36. The summed E-state index contributed by atoms with van der Waals surface area (Å²) in [5.41, 5.74) is 7.02. The number of thiophene rings is 1. The number of nitro benzene ring substituents is 1. The van der Waals surface area contributed by atoms with Crippen LogP contribution in [0.1, 0.15) is 40.6 Å². The van der Waals surface area contributed by atoms with Crippen LogP contribution in [0.25, 0.3) is 0 Å². The zero-order valence-corrected chi connectivity index (χ0v) is 14.7. The third kappa shape index (κ3) is 2.62. The first-order chi connectivity index (χ1) is 12.2. The SMILES string of the molecule is CC(=O)c1sc2c(c1N)[C@H](c1ccccc1[N+](=O)[O-])C(C(=O)O)=C(C)N2. The van der Waals surface area contributed by atoms with E-state index in [1.807, 2.05) is 0 Å². The largest absolute Gasteiger partial charge is 0.478 e. The van der Waals surface area contributed by atoms with Gasteiger partial charge in [-0.3, -0.25) is 14.9 Å². The number of fused-ring (bicyclic) bond motifs is 1. The third-order valence-electron chi connectivity index (χ3n) is 4.26. The molecule has 0 saturated heterocycles. The molecule has 26 heavy (non-hydrogen) atoms. The van der Waals surface area contributed by atoms with E-state index in [1.165, 1.54) is 25.1 Å². The number of aliphatic carboxylic acids is 1. The molecule has 8 nitrogen and oxygen atoms in total. The van der Waals surface area contributed by atoms with Crippen LogP contribution in [0.5, 0.6) is 0 Å². The summed E-state index contributed by atoms with van der Waals surface area (Å²) in [6.07, 6.45) is 0. The van der Waals surface area contributed by atoms with E-state index in [-0.39, 0.29) is 28.3 Å². The first-order valence-corrected chi connectivity index (χ1v) is 8.43. The summed E-state index contributed by atoms with van der Waals surface area (Å²) in [5, 5.41) is 24.7. The summed E-state index contributed by atoms with van der Waals surface area (Å²) in [4.78, 5) is 35.0. The van der Waals surface area contributed by atoms with Crippen LogP contribution < -0.4 is 11.1 Å². The number of nitrogens with two attached hydrogens (primary N) is 1. The molecule has 0 aliphatic carbocycles. The Morgan fingerprint density at radius 1 is 1.35 bits per heavy atom. The maximum Gasteiger partial charge on any atom is 0.334 e. The van der Waals surface area contributed by atoms with Gasteiger partial charge in [0.1, 0.15) is 0 Å². The van der Waals surface area contributed by atoms with Crippen molar-refractivity contribution < 1.29 is 19.6 Å². The highest BCUT2D eigenvalue weighted by molar-refractivity contribution is 7.19. The van der Waals surface area contributed by atoms with Gasteiger partial charge >= 0.3 is 5.97 Å². The molecule has 0 spiro atoms. The summed E-state index contributed by atoms with van der Waals surface area (Å²) in [7, 11) is 0. The summed E-state index contributed by atoms with van der Waals surface area (Å²) in [5.74, 6) is -2.41. The number of carbonyl (C=O) groups is 2. The molecular formula is C17H15N3O5S. The van der Waals surface area contributed by atoms with E-state index in [2.05, 4.69) is 5.32 Å². The lowest BCUT2D eigenvalue weighted by molar-refractivity contribution is -0.385. The van der Waals surface area contributed by atoms with E-state index in [0.29, 0.717) is 21.1 Å². The number of nitrogens with zero attached hydrogens (tertiary/aromatic N) is 1. The number of nitrogens with one attached hydrogen (secondary N) is 1. The molecule has 1 aliphatic rings. The second-order valence-electron chi connectivity index (χ2n) is 5.86. The lowest BCUT2D eigenvalue weighted by Crippen LogP contribution is -2.23. The van der Waals surface area contributed by atoms with Gasteiger partial charge in [0.25, 0.3) is 5.69 Å². The number of rotatable bonds is 4. The number of para-hydroxylation sites is 1. The molecule has 1 aromatic heterocycles. The maximum absolute atomic E-state index is 11.9. The summed E-state index contributed by atoms with van der Waals surface area (Å²) < 4.78 is 0. The summed E-state index contributed by atoms with van der Waals surface area (Å²) >= 11 is 1.12. The fourth-order valence-electron chi connectivity index (χ4n) is 3.19. The first-order valence-electron chi connectivity index (χ1n) is 7.61. The highest BCUT2D eigenvalue weighted by atomic mass is 32.1. The van der Waals surface area contributed by atoms with Gasteiger partial charge in [0.2, 0.25) is 0 Å². The van der Waals surface area contributed by atoms with Gasteiger partial charge in [-0.25, -0.2) is 4.79 Å². The molecule has 0 radical (unpaired) electrons. The topological polar surface area (TPSA) is 136 Å². The molecule has 1 aromatic carbocycles. The Labute approximate surface area is 152 Å². The van der Waals surface area contributed by atoms with Gasteiger partial charge in [-0.15, -0.1) is 11.3 Å². The van der Waals surface area contributed by atoms with Gasteiger partial charge in [0.05, 0.1) is 32.0 Å². The van der Waals surface area contributed by atoms with E-state index >= 15 is 0 Å². The van der Waals surface area contributed by atoms with Gasteiger partial charge in [-0.1, -0.05) is 18.2 Å². The molecule has 1 atom stereocenters. The summed E-state index contributed by atoms with van der Waals surface area (Å²) in [6.45, 7) is 2.95. The minimum absolute atomic E-state index is 0.0357. The van der Waals surface area contributed by atoms with Gasteiger partial charge < -0.3 is 16.2 Å². The van der Waals surface area contributed by atoms with E-state index in [9.17, 15) is 24.8 Å². The fraction of sp³-hybridized carbons (Fsp3) is 0.176. The average Bonchev–Trinajstić information content (AvgIpc) is 2.90. The van der Waals surface area contributed by atoms with Crippen LogP contribution in [-0.4, -0.2) is 21.8 Å². The number of nitrogen functional groups attached to an aromatic ring is 1. The normalized spacial score (nSPS) is 16.0. The number of carboxylic acid groups (broad SMARTS) is 1. The highest BCUT2D eigenvalue weighted by Gasteiger charge is 2.39. The van der Waals surface area contributed by atoms with Crippen molar-refractivity contribution in [1.29, 1.82) is 0 Å². The number of allylic oxidation sites excluding steroid dienone is 1. The van der Waals surface area contributed by atoms with Gasteiger partial charge in [0, 0.05) is 29.8 Å². The number of anilines is 2. The number of benzene rings is 1. The Bertz CT molecular complexity index is 992. The Kier molecular flexibility index (Phi) is 4.25.